The lowest BCUT2D eigenvalue weighted by atomic mass is 10.0. The molecule has 6 nitrogen and oxygen atoms in total. The molecule has 0 aromatic carbocycles. The van der Waals surface area contributed by atoms with E-state index in [-0.39, 0.29) is 31.1 Å². The predicted octanol–water partition coefficient (Wildman–Crippen LogP) is 18.3. The van der Waals surface area contributed by atoms with Crippen molar-refractivity contribution in [1.29, 1.82) is 0 Å². The molecule has 0 bridgehead atoms. The summed E-state index contributed by atoms with van der Waals surface area (Å²) in [5.41, 5.74) is 0. The molecule has 0 aromatic heterocycles. The molecule has 63 heavy (non-hydrogen) atoms. The van der Waals surface area contributed by atoms with Crippen LogP contribution in [-0.2, 0) is 28.6 Å². The van der Waals surface area contributed by atoms with Crippen LogP contribution in [0.5, 0.6) is 0 Å². The minimum absolute atomic E-state index is 0.0733. The van der Waals surface area contributed by atoms with Crippen LogP contribution < -0.4 is 0 Å². The molecular formula is C57H106O6. The average molecular weight is 887 g/mol. The Kier molecular flexibility index (Phi) is 50.8. The highest BCUT2D eigenvalue weighted by Gasteiger charge is 2.19. The Bertz CT molecular complexity index is 1020. The normalized spacial score (nSPS) is 12.1. The first-order valence-electron chi connectivity index (χ1n) is 27.8. The SMILES string of the molecule is CCC/C=C\CCCCCCCC(=O)OCC(COC(=O)CCCCCCCCCCCCCCCCCCCCCCC)OC(=O)CCCCCCC/C=C\CCCCCCC. The summed E-state index contributed by atoms with van der Waals surface area (Å²) in [6, 6.07) is 0. The van der Waals surface area contributed by atoms with Crippen molar-refractivity contribution in [2.24, 2.45) is 0 Å². The topological polar surface area (TPSA) is 78.9 Å². The van der Waals surface area contributed by atoms with Gasteiger partial charge in [-0.3, -0.25) is 14.4 Å². The molecule has 0 radical (unpaired) electrons. The van der Waals surface area contributed by atoms with Crippen molar-refractivity contribution in [3.63, 3.8) is 0 Å². The van der Waals surface area contributed by atoms with Gasteiger partial charge in [-0.05, 0) is 64.2 Å². The Morgan fingerprint density at radius 2 is 0.556 bits per heavy atom. The Labute approximate surface area is 392 Å². The summed E-state index contributed by atoms with van der Waals surface area (Å²) >= 11 is 0. The lowest BCUT2D eigenvalue weighted by Crippen LogP contribution is -2.30. The van der Waals surface area contributed by atoms with Crippen molar-refractivity contribution in [2.45, 2.75) is 309 Å². The third kappa shape index (κ3) is 50.7. The third-order valence-corrected chi connectivity index (χ3v) is 12.4. The zero-order valence-electron chi connectivity index (χ0n) is 42.4. The summed E-state index contributed by atoms with van der Waals surface area (Å²) in [7, 11) is 0. The molecule has 1 unspecified atom stereocenters. The van der Waals surface area contributed by atoms with Crippen LogP contribution in [0.25, 0.3) is 0 Å². The summed E-state index contributed by atoms with van der Waals surface area (Å²) < 4.78 is 16.8. The fraction of sp³-hybridized carbons (Fsp3) is 0.877. The van der Waals surface area contributed by atoms with E-state index in [0.29, 0.717) is 19.3 Å². The highest BCUT2D eigenvalue weighted by Crippen LogP contribution is 2.17. The van der Waals surface area contributed by atoms with E-state index in [1.54, 1.807) is 0 Å². The molecule has 0 fully saturated rings. The Morgan fingerprint density at radius 3 is 0.857 bits per heavy atom. The highest BCUT2D eigenvalue weighted by atomic mass is 16.6. The van der Waals surface area contributed by atoms with Crippen molar-refractivity contribution < 1.29 is 28.6 Å². The van der Waals surface area contributed by atoms with Gasteiger partial charge in [-0.2, -0.15) is 0 Å². The Morgan fingerprint density at radius 1 is 0.302 bits per heavy atom. The smallest absolute Gasteiger partial charge is 0.306 e. The predicted molar refractivity (Wildman–Crippen MR) is 270 cm³/mol. The van der Waals surface area contributed by atoms with Crippen molar-refractivity contribution in [1.82, 2.24) is 0 Å². The standard InChI is InChI=1S/C57H106O6/c1-4-7-10-13-16-19-22-24-26-27-28-29-30-31-32-34-35-38-41-44-47-50-56(59)62-53-54(52-61-55(58)49-46-43-40-37-21-18-15-12-9-6-3)63-57(60)51-48-45-42-39-36-33-25-23-20-17-14-11-8-5-2/h12,15,23,25,54H,4-11,13-14,16-22,24,26-53H2,1-3H3/b15-12-,25-23-. The quantitative estimate of drug-likeness (QED) is 0.0262. The minimum atomic E-state index is -0.774. The molecule has 0 spiro atoms. The molecule has 0 rings (SSSR count). The summed E-state index contributed by atoms with van der Waals surface area (Å²) in [4.78, 5) is 38.0. The minimum Gasteiger partial charge on any atom is -0.462 e. The maximum Gasteiger partial charge on any atom is 0.306 e. The van der Waals surface area contributed by atoms with Gasteiger partial charge < -0.3 is 14.2 Å². The zero-order valence-corrected chi connectivity index (χ0v) is 42.4. The van der Waals surface area contributed by atoms with Crippen molar-refractivity contribution in [3.05, 3.63) is 24.3 Å². The van der Waals surface area contributed by atoms with Crippen LogP contribution in [0, 0.1) is 0 Å². The molecule has 0 aliphatic rings. The number of rotatable bonds is 51. The summed E-state index contributed by atoms with van der Waals surface area (Å²) in [5.74, 6) is -0.878. The van der Waals surface area contributed by atoms with E-state index in [1.165, 1.54) is 186 Å². The van der Waals surface area contributed by atoms with E-state index in [9.17, 15) is 14.4 Å². The number of ether oxygens (including phenoxy) is 3. The van der Waals surface area contributed by atoms with E-state index in [4.69, 9.17) is 14.2 Å². The molecular weight excluding hydrogens is 781 g/mol. The third-order valence-electron chi connectivity index (χ3n) is 12.4. The first kappa shape index (κ1) is 60.9. The highest BCUT2D eigenvalue weighted by molar-refractivity contribution is 5.71. The second-order valence-corrected chi connectivity index (χ2v) is 18.8. The average Bonchev–Trinajstić information content (AvgIpc) is 3.28. The van der Waals surface area contributed by atoms with Gasteiger partial charge in [0.25, 0.3) is 0 Å². The molecule has 0 saturated carbocycles. The molecule has 0 heterocycles. The molecule has 0 aromatic rings. The molecule has 6 heteroatoms. The van der Waals surface area contributed by atoms with Gasteiger partial charge in [0, 0.05) is 19.3 Å². The van der Waals surface area contributed by atoms with Crippen LogP contribution in [0.4, 0.5) is 0 Å². The van der Waals surface area contributed by atoms with Gasteiger partial charge in [-0.1, -0.05) is 244 Å². The van der Waals surface area contributed by atoms with Gasteiger partial charge in [0.05, 0.1) is 0 Å². The van der Waals surface area contributed by atoms with Gasteiger partial charge in [-0.25, -0.2) is 0 Å². The number of hydrogen-bond acceptors (Lipinski definition) is 6. The first-order valence-corrected chi connectivity index (χ1v) is 27.8. The lowest BCUT2D eigenvalue weighted by molar-refractivity contribution is -0.167. The molecule has 0 amide bonds. The molecule has 0 aliphatic carbocycles. The second kappa shape index (κ2) is 52.5. The monoisotopic (exact) mass is 887 g/mol. The molecule has 0 aliphatic heterocycles. The maximum atomic E-state index is 12.8. The fourth-order valence-corrected chi connectivity index (χ4v) is 8.21. The van der Waals surface area contributed by atoms with Crippen LogP contribution in [0.2, 0.25) is 0 Å². The number of esters is 3. The van der Waals surface area contributed by atoms with Crippen molar-refractivity contribution in [2.75, 3.05) is 13.2 Å². The van der Waals surface area contributed by atoms with Gasteiger partial charge >= 0.3 is 17.9 Å². The van der Waals surface area contributed by atoms with Crippen LogP contribution in [0.3, 0.4) is 0 Å². The van der Waals surface area contributed by atoms with E-state index < -0.39 is 6.10 Å². The number of unbranched alkanes of at least 4 members (excludes halogenated alkanes) is 36. The van der Waals surface area contributed by atoms with Crippen molar-refractivity contribution >= 4 is 17.9 Å². The van der Waals surface area contributed by atoms with Gasteiger partial charge in [0.15, 0.2) is 6.10 Å². The van der Waals surface area contributed by atoms with Crippen LogP contribution in [-0.4, -0.2) is 37.2 Å². The van der Waals surface area contributed by atoms with E-state index in [2.05, 4.69) is 45.1 Å². The van der Waals surface area contributed by atoms with E-state index in [0.717, 1.165) is 77.0 Å². The Balaban J connectivity index is 4.23. The molecule has 1 atom stereocenters. The maximum absolute atomic E-state index is 12.8. The number of carbonyl (C=O) groups is 3. The summed E-state index contributed by atoms with van der Waals surface area (Å²) in [5, 5.41) is 0. The number of allylic oxidation sites excluding steroid dienone is 4. The lowest BCUT2D eigenvalue weighted by Gasteiger charge is -2.18. The second-order valence-electron chi connectivity index (χ2n) is 18.8. The summed E-state index contributed by atoms with van der Waals surface area (Å²) in [6.45, 7) is 6.59. The Hall–Kier alpha value is -2.11. The van der Waals surface area contributed by atoms with Gasteiger partial charge in [0.1, 0.15) is 13.2 Å². The number of hydrogen-bond donors (Lipinski definition) is 0. The zero-order chi connectivity index (χ0) is 45.8. The molecule has 0 saturated heterocycles. The van der Waals surface area contributed by atoms with Crippen molar-refractivity contribution in [3.8, 4) is 0 Å². The largest absolute Gasteiger partial charge is 0.462 e. The van der Waals surface area contributed by atoms with Crippen LogP contribution in [0.1, 0.15) is 303 Å². The van der Waals surface area contributed by atoms with E-state index >= 15 is 0 Å². The van der Waals surface area contributed by atoms with E-state index in [1.807, 2.05) is 0 Å². The summed E-state index contributed by atoms with van der Waals surface area (Å²) in [6.07, 6.45) is 60.3. The molecule has 0 N–H and O–H groups in total. The van der Waals surface area contributed by atoms with Gasteiger partial charge in [0.2, 0.25) is 0 Å². The van der Waals surface area contributed by atoms with Crippen LogP contribution in [0.15, 0.2) is 24.3 Å². The first-order chi connectivity index (χ1) is 31.0. The molecule has 370 valence electrons. The van der Waals surface area contributed by atoms with Gasteiger partial charge in [-0.15, -0.1) is 0 Å². The fourth-order valence-electron chi connectivity index (χ4n) is 8.21. The van der Waals surface area contributed by atoms with Crippen LogP contribution >= 0.6 is 0 Å². The number of carbonyl (C=O) groups excluding carboxylic acids is 3.